The zero-order valence-corrected chi connectivity index (χ0v) is 10.3. The molecule has 4 heteroatoms. The molecule has 0 saturated heterocycles. The molecule has 0 aromatic rings. The van der Waals surface area contributed by atoms with Gasteiger partial charge in [-0.3, -0.25) is 4.18 Å². The average Bonchev–Trinajstić information content (AvgIpc) is 2.58. The summed E-state index contributed by atoms with van der Waals surface area (Å²) in [5.74, 6) is 1.02. The van der Waals surface area contributed by atoms with Gasteiger partial charge in [0.1, 0.15) is 0 Å². The standard InChI is InChI=1S/C11H20O3S/c1-9(2)8-15(12,13)14-11-5-3-10(7-11)4-6-11/h9-10H,3-8H2,1-2H3. The summed E-state index contributed by atoms with van der Waals surface area (Å²) in [6, 6.07) is 0. The van der Waals surface area contributed by atoms with Gasteiger partial charge in [0.2, 0.25) is 0 Å². The first kappa shape index (κ1) is 11.4. The van der Waals surface area contributed by atoms with Crippen LogP contribution in [0.4, 0.5) is 0 Å². The Bertz CT molecular complexity index is 324. The second-order valence-electron chi connectivity index (χ2n) is 5.53. The molecule has 2 saturated carbocycles. The second-order valence-corrected chi connectivity index (χ2v) is 7.15. The summed E-state index contributed by atoms with van der Waals surface area (Å²) >= 11 is 0. The highest BCUT2D eigenvalue weighted by Crippen LogP contribution is 2.50. The predicted molar refractivity (Wildman–Crippen MR) is 59.0 cm³/mol. The van der Waals surface area contributed by atoms with Crippen molar-refractivity contribution in [1.82, 2.24) is 0 Å². The largest absolute Gasteiger partial charge is 0.268 e. The van der Waals surface area contributed by atoms with Gasteiger partial charge in [-0.15, -0.1) is 0 Å². The molecule has 0 atom stereocenters. The van der Waals surface area contributed by atoms with Crippen LogP contribution in [0.25, 0.3) is 0 Å². The Labute approximate surface area is 92.3 Å². The van der Waals surface area contributed by atoms with Gasteiger partial charge in [-0.25, -0.2) is 0 Å². The molecule has 0 aromatic carbocycles. The van der Waals surface area contributed by atoms with Crippen LogP contribution in [0.2, 0.25) is 0 Å². The lowest BCUT2D eigenvalue weighted by atomic mass is 9.98. The van der Waals surface area contributed by atoms with E-state index < -0.39 is 10.1 Å². The van der Waals surface area contributed by atoms with Crippen LogP contribution in [0.5, 0.6) is 0 Å². The van der Waals surface area contributed by atoms with Crippen LogP contribution in [-0.4, -0.2) is 19.8 Å². The van der Waals surface area contributed by atoms with Crippen LogP contribution in [0, 0.1) is 11.8 Å². The molecule has 0 radical (unpaired) electrons. The van der Waals surface area contributed by atoms with Crippen molar-refractivity contribution in [3.05, 3.63) is 0 Å². The molecule has 0 unspecified atom stereocenters. The van der Waals surface area contributed by atoms with Crippen LogP contribution >= 0.6 is 0 Å². The van der Waals surface area contributed by atoms with Crippen LogP contribution in [0.15, 0.2) is 0 Å². The minimum absolute atomic E-state index is 0.144. The van der Waals surface area contributed by atoms with Gasteiger partial charge in [0.15, 0.2) is 0 Å². The van der Waals surface area contributed by atoms with Crippen molar-refractivity contribution in [3.63, 3.8) is 0 Å². The summed E-state index contributed by atoms with van der Waals surface area (Å²) in [5, 5.41) is 0. The normalized spacial score (nSPS) is 35.3. The quantitative estimate of drug-likeness (QED) is 0.699. The molecule has 2 bridgehead atoms. The van der Waals surface area contributed by atoms with E-state index in [1.54, 1.807) is 0 Å². The fourth-order valence-corrected chi connectivity index (χ4v) is 4.62. The zero-order valence-electron chi connectivity index (χ0n) is 9.53. The summed E-state index contributed by atoms with van der Waals surface area (Å²) < 4.78 is 29.0. The minimum Gasteiger partial charge on any atom is -0.263 e. The lowest BCUT2D eigenvalue weighted by Crippen LogP contribution is -2.32. The highest BCUT2D eigenvalue weighted by Gasteiger charge is 2.48. The second kappa shape index (κ2) is 3.74. The van der Waals surface area contributed by atoms with Crippen LogP contribution < -0.4 is 0 Å². The van der Waals surface area contributed by atoms with Crippen LogP contribution in [0.1, 0.15) is 46.0 Å². The first-order valence-electron chi connectivity index (χ1n) is 5.84. The SMILES string of the molecule is CC(C)CS(=O)(=O)OC12CCC(CC1)C2. The van der Waals surface area contributed by atoms with Gasteiger partial charge in [0.05, 0.1) is 11.4 Å². The highest BCUT2D eigenvalue weighted by molar-refractivity contribution is 7.86. The Hall–Kier alpha value is -0.0900. The van der Waals surface area contributed by atoms with Crippen molar-refractivity contribution in [2.24, 2.45) is 11.8 Å². The van der Waals surface area contributed by atoms with Crippen molar-refractivity contribution in [3.8, 4) is 0 Å². The van der Waals surface area contributed by atoms with Crippen molar-refractivity contribution in [2.45, 2.75) is 51.6 Å². The molecule has 15 heavy (non-hydrogen) atoms. The van der Waals surface area contributed by atoms with E-state index in [1.807, 2.05) is 13.8 Å². The lowest BCUT2D eigenvalue weighted by Gasteiger charge is -2.26. The molecule has 0 spiro atoms. The number of hydrogen-bond donors (Lipinski definition) is 0. The van der Waals surface area contributed by atoms with Crippen molar-refractivity contribution < 1.29 is 12.6 Å². The number of rotatable bonds is 4. The Morgan fingerprint density at radius 3 is 2.33 bits per heavy atom. The number of fused-ring (bicyclic) bond motifs is 2. The molecule has 2 aliphatic rings. The third-order valence-corrected chi connectivity index (χ3v) is 5.20. The van der Waals surface area contributed by atoms with Crippen molar-refractivity contribution >= 4 is 10.1 Å². The van der Waals surface area contributed by atoms with Crippen LogP contribution in [0.3, 0.4) is 0 Å². The van der Waals surface area contributed by atoms with E-state index in [0.717, 1.165) is 38.0 Å². The van der Waals surface area contributed by atoms with E-state index in [9.17, 15) is 8.42 Å². The van der Waals surface area contributed by atoms with Crippen molar-refractivity contribution in [1.29, 1.82) is 0 Å². The molecule has 0 aromatic heterocycles. The number of hydrogen-bond acceptors (Lipinski definition) is 3. The van der Waals surface area contributed by atoms with Crippen molar-refractivity contribution in [2.75, 3.05) is 5.75 Å². The molecule has 0 amide bonds. The molecular weight excluding hydrogens is 212 g/mol. The molecule has 3 nitrogen and oxygen atoms in total. The molecule has 88 valence electrons. The monoisotopic (exact) mass is 232 g/mol. The molecule has 0 N–H and O–H groups in total. The van der Waals surface area contributed by atoms with Gasteiger partial charge in [-0.05, 0) is 43.9 Å². The summed E-state index contributed by atoms with van der Waals surface area (Å²) in [6.45, 7) is 3.81. The Balaban J connectivity index is 2.02. The van der Waals surface area contributed by atoms with E-state index in [-0.39, 0.29) is 17.3 Å². The van der Waals surface area contributed by atoms with Gasteiger partial charge in [0, 0.05) is 0 Å². The zero-order chi connectivity index (χ0) is 11.1. The first-order valence-corrected chi connectivity index (χ1v) is 7.42. The maximum atomic E-state index is 11.8. The third-order valence-electron chi connectivity index (χ3n) is 3.52. The highest BCUT2D eigenvalue weighted by atomic mass is 32.2. The molecular formula is C11H20O3S. The Morgan fingerprint density at radius 1 is 1.33 bits per heavy atom. The maximum Gasteiger partial charge on any atom is 0.268 e. The predicted octanol–water partition coefficient (Wildman–Crippen LogP) is 2.32. The maximum absolute atomic E-state index is 11.8. The lowest BCUT2D eigenvalue weighted by molar-refractivity contribution is 0.0878. The molecule has 2 aliphatic carbocycles. The van der Waals surface area contributed by atoms with Crippen LogP contribution in [-0.2, 0) is 14.3 Å². The van der Waals surface area contributed by atoms with E-state index >= 15 is 0 Å². The van der Waals surface area contributed by atoms with E-state index in [4.69, 9.17) is 4.18 Å². The van der Waals surface area contributed by atoms with Gasteiger partial charge in [-0.1, -0.05) is 13.8 Å². The summed E-state index contributed by atoms with van der Waals surface area (Å²) in [4.78, 5) is 0. The topological polar surface area (TPSA) is 43.4 Å². The Morgan fingerprint density at radius 2 is 1.93 bits per heavy atom. The van der Waals surface area contributed by atoms with E-state index in [0.29, 0.717) is 0 Å². The molecule has 0 aliphatic heterocycles. The average molecular weight is 232 g/mol. The fourth-order valence-electron chi connectivity index (χ4n) is 2.97. The smallest absolute Gasteiger partial charge is 0.263 e. The fraction of sp³-hybridized carbons (Fsp3) is 1.00. The molecule has 0 heterocycles. The van der Waals surface area contributed by atoms with Gasteiger partial charge >= 0.3 is 0 Å². The summed E-state index contributed by atoms with van der Waals surface area (Å²) in [6.07, 6.45) is 5.14. The van der Waals surface area contributed by atoms with Gasteiger partial charge in [0.25, 0.3) is 10.1 Å². The first-order chi connectivity index (χ1) is 6.91. The molecule has 2 fully saturated rings. The van der Waals surface area contributed by atoms with Gasteiger partial charge in [-0.2, -0.15) is 8.42 Å². The molecule has 2 rings (SSSR count). The van der Waals surface area contributed by atoms with Gasteiger partial charge < -0.3 is 0 Å². The Kier molecular flexibility index (Phi) is 2.84. The minimum atomic E-state index is -3.31. The van der Waals surface area contributed by atoms with E-state index in [1.165, 1.54) is 0 Å². The van der Waals surface area contributed by atoms with E-state index in [2.05, 4.69) is 0 Å². The summed E-state index contributed by atoms with van der Waals surface area (Å²) in [7, 11) is -3.31. The third kappa shape index (κ3) is 2.53. The summed E-state index contributed by atoms with van der Waals surface area (Å²) in [5.41, 5.74) is -0.307.